The number of thioether (sulfide) groups is 1. The molecule has 0 unspecified atom stereocenters. The van der Waals surface area contributed by atoms with Crippen LogP contribution in [0.5, 0.6) is 5.88 Å². The van der Waals surface area contributed by atoms with Crippen LogP contribution in [0.3, 0.4) is 0 Å². The largest absolute Gasteiger partial charge is 0.481 e. The van der Waals surface area contributed by atoms with Crippen molar-refractivity contribution in [2.45, 2.75) is 32.6 Å². The first-order chi connectivity index (χ1) is 8.79. The molecule has 0 atom stereocenters. The van der Waals surface area contributed by atoms with Gasteiger partial charge in [0.05, 0.1) is 12.7 Å². The smallest absolute Gasteiger partial charge is 0.221 e. The van der Waals surface area contributed by atoms with Crippen molar-refractivity contribution < 1.29 is 4.74 Å². The van der Waals surface area contributed by atoms with Crippen molar-refractivity contribution >= 4 is 17.6 Å². The zero-order chi connectivity index (χ0) is 13.2. The van der Waals surface area contributed by atoms with Gasteiger partial charge >= 0.3 is 0 Å². The Morgan fingerprint density at radius 1 is 1.22 bits per heavy atom. The molecule has 0 radical (unpaired) electrons. The van der Waals surface area contributed by atoms with Crippen molar-refractivity contribution in [3.63, 3.8) is 0 Å². The third-order valence-electron chi connectivity index (χ3n) is 2.80. The lowest BCUT2D eigenvalue weighted by Gasteiger charge is -2.10. The Bertz CT molecular complexity index is 347. The van der Waals surface area contributed by atoms with Gasteiger partial charge in [0.1, 0.15) is 12.1 Å². The molecule has 4 nitrogen and oxygen atoms in total. The maximum Gasteiger partial charge on any atom is 0.221 e. The standard InChI is InChI=1S/C13H23N3OS/c1-11-12(15-10-16-13(11)17-2)14-8-6-4-5-7-9-18-3/h10H,4-9H2,1-3H3,(H,14,15,16). The minimum Gasteiger partial charge on any atom is -0.481 e. The second-order valence-electron chi connectivity index (χ2n) is 4.19. The Kier molecular flexibility index (Phi) is 7.57. The molecule has 18 heavy (non-hydrogen) atoms. The summed E-state index contributed by atoms with van der Waals surface area (Å²) in [6.07, 6.45) is 8.78. The summed E-state index contributed by atoms with van der Waals surface area (Å²) in [7, 11) is 1.63. The molecule has 0 amide bonds. The third-order valence-corrected chi connectivity index (χ3v) is 3.50. The van der Waals surface area contributed by atoms with Crippen LogP contribution in [0, 0.1) is 6.92 Å². The van der Waals surface area contributed by atoms with Gasteiger partial charge in [0.25, 0.3) is 0 Å². The van der Waals surface area contributed by atoms with E-state index in [-0.39, 0.29) is 0 Å². The van der Waals surface area contributed by atoms with Gasteiger partial charge < -0.3 is 10.1 Å². The van der Waals surface area contributed by atoms with E-state index in [0.717, 1.165) is 17.9 Å². The Hall–Kier alpha value is -0.970. The van der Waals surface area contributed by atoms with Crippen LogP contribution < -0.4 is 10.1 Å². The molecule has 1 N–H and O–H groups in total. The monoisotopic (exact) mass is 269 g/mol. The van der Waals surface area contributed by atoms with Crippen molar-refractivity contribution in [2.75, 3.05) is 31.0 Å². The van der Waals surface area contributed by atoms with Crippen molar-refractivity contribution in [1.82, 2.24) is 9.97 Å². The second-order valence-corrected chi connectivity index (χ2v) is 5.18. The fourth-order valence-corrected chi connectivity index (χ4v) is 2.24. The molecule has 1 heterocycles. The van der Waals surface area contributed by atoms with E-state index in [4.69, 9.17) is 4.74 Å². The zero-order valence-electron chi connectivity index (χ0n) is 11.5. The number of ether oxygens (including phenoxy) is 1. The van der Waals surface area contributed by atoms with E-state index in [1.54, 1.807) is 7.11 Å². The minimum absolute atomic E-state index is 0.646. The van der Waals surface area contributed by atoms with Crippen molar-refractivity contribution in [3.8, 4) is 5.88 Å². The molecule has 102 valence electrons. The molecular formula is C13H23N3OS. The van der Waals surface area contributed by atoms with Gasteiger partial charge in [0, 0.05) is 6.54 Å². The fraction of sp³-hybridized carbons (Fsp3) is 0.692. The summed E-state index contributed by atoms with van der Waals surface area (Å²) in [5, 5.41) is 3.34. The maximum absolute atomic E-state index is 5.16. The zero-order valence-corrected chi connectivity index (χ0v) is 12.3. The topological polar surface area (TPSA) is 47.0 Å². The van der Waals surface area contributed by atoms with Gasteiger partial charge in [-0.1, -0.05) is 12.8 Å². The maximum atomic E-state index is 5.16. The van der Waals surface area contributed by atoms with Gasteiger partial charge in [0.2, 0.25) is 5.88 Å². The van der Waals surface area contributed by atoms with Crippen LogP contribution >= 0.6 is 11.8 Å². The Morgan fingerprint density at radius 2 is 2.00 bits per heavy atom. The SMILES string of the molecule is COc1ncnc(NCCCCCCSC)c1C. The lowest BCUT2D eigenvalue weighted by molar-refractivity contribution is 0.393. The molecule has 1 aromatic rings. The van der Waals surface area contributed by atoms with Crippen molar-refractivity contribution in [1.29, 1.82) is 0 Å². The summed E-state index contributed by atoms with van der Waals surface area (Å²) >= 11 is 1.92. The average Bonchev–Trinajstić information content (AvgIpc) is 2.39. The highest BCUT2D eigenvalue weighted by Crippen LogP contribution is 2.19. The second kappa shape index (κ2) is 9.03. The number of unbranched alkanes of at least 4 members (excludes halogenated alkanes) is 3. The molecule has 0 saturated heterocycles. The van der Waals surface area contributed by atoms with E-state index in [0.29, 0.717) is 5.88 Å². The Morgan fingerprint density at radius 3 is 2.72 bits per heavy atom. The van der Waals surface area contributed by atoms with Crippen LogP contribution in [0.4, 0.5) is 5.82 Å². The van der Waals surface area contributed by atoms with Gasteiger partial charge in [-0.05, 0) is 31.8 Å². The number of nitrogens with one attached hydrogen (secondary N) is 1. The predicted molar refractivity (Wildman–Crippen MR) is 78.7 cm³/mol. The molecule has 1 rings (SSSR count). The summed E-state index contributed by atoms with van der Waals surface area (Å²) < 4.78 is 5.16. The molecule has 0 aliphatic carbocycles. The quantitative estimate of drug-likeness (QED) is 0.698. The fourth-order valence-electron chi connectivity index (χ4n) is 1.75. The third kappa shape index (κ3) is 5.12. The van der Waals surface area contributed by atoms with E-state index < -0.39 is 0 Å². The molecule has 0 aliphatic rings. The van der Waals surface area contributed by atoms with Gasteiger partial charge in [-0.2, -0.15) is 11.8 Å². The van der Waals surface area contributed by atoms with Crippen LogP contribution in [0.2, 0.25) is 0 Å². The highest BCUT2D eigenvalue weighted by atomic mass is 32.2. The van der Waals surface area contributed by atoms with Crippen LogP contribution in [0.15, 0.2) is 6.33 Å². The van der Waals surface area contributed by atoms with E-state index in [1.807, 2.05) is 18.7 Å². The highest BCUT2D eigenvalue weighted by molar-refractivity contribution is 7.98. The average molecular weight is 269 g/mol. The predicted octanol–water partition coefficient (Wildman–Crippen LogP) is 3.13. The van der Waals surface area contributed by atoms with Crippen LogP contribution in [0.25, 0.3) is 0 Å². The molecule has 1 aromatic heterocycles. The molecule has 0 aliphatic heterocycles. The normalized spacial score (nSPS) is 10.4. The van der Waals surface area contributed by atoms with Crippen molar-refractivity contribution in [2.24, 2.45) is 0 Å². The molecule has 0 fully saturated rings. The Balaban J connectivity index is 2.23. The number of aromatic nitrogens is 2. The molecule has 5 heteroatoms. The summed E-state index contributed by atoms with van der Waals surface area (Å²) in [4.78, 5) is 8.29. The number of anilines is 1. The van der Waals surface area contributed by atoms with Gasteiger partial charge in [-0.3, -0.25) is 0 Å². The number of rotatable bonds is 9. The lowest BCUT2D eigenvalue weighted by Crippen LogP contribution is -2.06. The molecule has 0 bridgehead atoms. The van der Waals surface area contributed by atoms with E-state index in [9.17, 15) is 0 Å². The lowest BCUT2D eigenvalue weighted by atomic mass is 10.2. The first-order valence-electron chi connectivity index (χ1n) is 6.38. The van der Waals surface area contributed by atoms with Crippen LogP contribution in [0.1, 0.15) is 31.2 Å². The van der Waals surface area contributed by atoms with Gasteiger partial charge in [-0.25, -0.2) is 9.97 Å². The molecule has 0 spiro atoms. The Labute approximate surface area is 114 Å². The van der Waals surface area contributed by atoms with Crippen LogP contribution in [-0.2, 0) is 0 Å². The summed E-state index contributed by atoms with van der Waals surface area (Å²) in [6, 6.07) is 0. The number of methoxy groups -OCH3 is 1. The van der Waals surface area contributed by atoms with E-state index in [1.165, 1.54) is 37.8 Å². The molecule has 0 saturated carbocycles. The summed E-state index contributed by atoms with van der Waals surface area (Å²) in [6.45, 7) is 2.93. The number of hydrogen-bond acceptors (Lipinski definition) is 5. The number of nitrogens with zero attached hydrogens (tertiary/aromatic N) is 2. The van der Waals surface area contributed by atoms with E-state index in [2.05, 4.69) is 21.5 Å². The molecule has 0 aromatic carbocycles. The first kappa shape index (κ1) is 15.1. The van der Waals surface area contributed by atoms with E-state index >= 15 is 0 Å². The highest BCUT2D eigenvalue weighted by Gasteiger charge is 2.05. The summed E-state index contributed by atoms with van der Waals surface area (Å²) in [5.74, 6) is 2.80. The first-order valence-corrected chi connectivity index (χ1v) is 7.77. The van der Waals surface area contributed by atoms with Gasteiger partial charge in [0.15, 0.2) is 0 Å². The van der Waals surface area contributed by atoms with Crippen molar-refractivity contribution in [3.05, 3.63) is 11.9 Å². The minimum atomic E-state index is 0.646. The number of hydrogen-bond donors (Lipinski definition) is 1. The summed E-state index contributed by atoms with van der Waals surface area (Å²) in [5.41, 5.74) is 0.974. The van der Waals surface area contributed by atoms with Gasteiger partial charge in [-0.15, -0.1) is 0 Å². The van der Waals surface area contributed by atoms with Crippen LogP contribution in [-0.4, -0.2) is 35.6 Å². The molecular weight excluding hydrogens is 246 g/mol.